The minimum absolute atomic E-state index is 0.0519. The first-order valence-corrected chi connectivity index (χ1v) is 7.32. The van der Waals surface area contributed by atoms with E-state index in [1.807, 2.05) is 18.2 Å². The van der Waals surface area contributed by atoms with Crippen LogP contribution < -0.4 is 5.32 Å². The number of anilines is 1. The van der Waals surface area contributed by atoms with Crippen LogP contribution >= 0.6 is 11.6 Å². The lowest BCUT2D eigenvalue weighted by Crippen LogP contribution is -2.08. The van der Waals surface area contributed by atoms with E-state index in [9.17, 15) is 4.79 Å². The number of esters is 1. The van der Waals surface area contributed by atoms with Gasteiger partial charge in [0, 0.05) is 11.6 Å². The second kappa shape index (κ2) is 6.62. The molecule has 0 amide bonds. The van der Waals surface area contributed by atoms with Crippen LogP contribution in [-0.2, 0) is 11.3 Å². The van der Waals surface area contributed by atoms with E-state index >= 15 is 0 Å². The average molecular weight is 333 g/mol. The average Bonchev–Trinajstić information content (AvgIpc) is 2.98. The van der Waals surface area contributed by atoms with E-state index < -0.39 is 5.97 Å². The molecule has 1 N–H and O–H groups in total. The predicted molar refractivity (Wildman–Crippen MR) is 84.3 cm³/mol. The molecule has 0 radical (unpaired) electrons. The Balaban J connectivity index is 1.91. The Morgan fingerprint density at radius 3 is 3.04 bits per heavy atom. The van der Waals surface area contributed by atoms with E-state index in [-0.39, 0.29) is 18.0 Å². The highest BCUT2D eigenvalue weighted by Crippen LogP contribution is 2.24. The minimum atomic E-state index is -0.577. The lowest BCUT2D eigenvalue weighted by Gasteiger charge is -2.07. The van der Waals surface area contributed by atoms with Crippen molar-refractivity contribution in [3.05, 3.63) is 46.9 Å². The molecule has 0 saturated carbocycles. The lowest BCUT2D eigenvalue weighted by atomic mass is 10.2. The van der Waals surface area contributed by atoms with Gasteiger partial charge in [-0.05, 0) is 24.6 Å². The zero-order chi connectivity index (χ0) is 16.2. The van der Waals surface area contributed by atoms with Gasteiger partial charge in [0.05, 0.1) is 6.61 Å². The molecule has 8 heteroatoms. The van der Waals surface area contributed by atoms with Gasteiger partial charge in [-0.3, -0.25) is 0 Å². The molecule has 0 bridgehead atoms. The number of carbonyl (C=O) groups is 1. The van der Waals surface area contributed by atoms with Crippen LogP contribution in [0.15, 0.2) is 35.1 Å². The molecular formula is C15H13ClN4O3. The zero-order valence-corrected chi connectivity index (χ0v) is 13.0. The fraction of sp³-hybridized carbons (Fsp3) is 0.200. The quantitative estimate of drug-likeness (QED) is 0.718. The van der Waals surface area contributed by atoms with Gasteiger partial charge in [-0.15, -0.1) is 0 Å². The summed E-state index contributed by atoms with van der Waals surface area (Å²) in [7, 11) is 0. The molecule has 0 unspecified atom stereocenters. The van der Waals surface area contributed by atoms with Crippen molar-refractivity contribution in [2.45, 2.75) is 13.5 Å². The van der Waals surface area contributed by atoms with Crippen LogP contribution in [0.2, 0.25) is 5.02 Å². The Hall–Kier alpha value is -2.67. The Kier molecular flexibility index (Phi) is 4.38. The highest BCUT2D eigenvalue weighted by atomic mass is 35.5. The second-order valence-electron chi connectivity index (χ2n) is 4.64. The summed E-state index contributed by atoms with van der Waals surface area (Å²) < 4.78 is 10.0. The van der Waals surface area contributed by atoms with Crippen molar-refractivity contribution in [3.63, 3.8) is 0 Å². The van der Waals surface area contributed by atoms with Crippen molar-refractivity contribution in [2.24, 2.45) is 0 Å². The van der Waals surface area contributed by atoms with Crippen LogP contribution in [0, 0.1) is 0 Å². The molecule has 23 heavy (non-hydrogen) atoms. The standard InChI is InChI=1S/C15H13ClN4O3/c1-2-22-15(21)12-11-13(18-8-19-14(11)23-20-12)17-7-9-4-3-5-10(16)6-9/h3-6,8H,2,7H2,1H3,(H,17,18,19). The monoisotopic (exact) mass is 332 g/mol. The Bertz CT molecular complexity index is 850. The first-order chi connectivity index (χ1) is 11.2. The first-order valence-electron chi connectivity index (χ1n) is 6.95. The maximum absolute atomic E-state index is 11.9. The summed E-state index contributed by atoms with van der Waals surface area (Å²) in [4.78, 5) is 20.1. The van der Waals surface area contributed by atoms with Gasteiger partial charge in [0.15, 0.2) is 0 Å². The molecule has 0 aliphatic carbocycles. The molecule has 0 fully saturated rings. The molecular weight excluding hydrogens is 320 g/mol. The molecule has 118 valence electrons. The summed E-state index contributed by atoms with van der Waals surface area (Å²) in [6, 6.07) is 7.43. The van der Waals surface area contributed by atoms with Gasteiger partial charge in [-0.25, -0.2) is 9.78 Å². The number of aromatic nitrogens is 3. The number of hydrogen-bond acceptors (Lipinski definition) is 7. The van der Waals surface area contributed by atoms with Gasteiger partial charge in [0.25, 0.3) is 5.71 Å². The Morgan fingerprint density at radius 2 is 2.26 bits per heavy atom. The number of benzene rings is 1. The molecule has 3 rings (SSSR count). The van der Waals surface area contributed by atoms with Crippen LogP contribution in [0.5, 0.6) is 0 Å². The van der Waals surface area contributed by atoms with Crippen LogP contribution in [0.4, 0.5) is 5.82 Å². The normalized spacial score (nSPS) is 10.7. The molecule has 0 saturated heterocycles. The summed E-state index contributed by atoms with van der Waals surface area (Å²) in [6.07, 6.45) is 1.34. The van der Waals surface area contributed by atoms with Gasteiger partial charge in [0.1, 0.15) is 17.5 Å². The maximum atomic E-state index is 11.9. The van der Waals surface area contributed by atoms with Crippen molar-refractivity contribution in [1.29, 1.82) is 0 Å². The third-order valence-corrected chi connectivity index (χ3v) is 3.33. The zero-order valence-electron chi connectivity index (χ0n) is 12.2. The fourth-order valence-corrected chi connectivity index (χ4v) is 2.31. The van der Waals surface area contributed by atoms with Gasteiger partial charge in [-0.2, -0.15) is 4.98 Å². The lowest BCUT2D eigenvalue weighted by molar-refractivity contribution is 0.0517. The summed E-state index contributed by atoms with van der Waals surface area (Å²) in [5.41, 5.74) is 1.24. The largest absolute Gasteiger partial charge is 0.461 e. The SMILES string of the molecule is CCOC(=O)c1noc2ncnc(NCc3cccc(Cl)c3)c12. The summed E-state index contributed by atoms with van der Waals surface area (Å²) in [5, 5.41) is 7.91. The molecule has 0 aliphatic heterocycles. The van der Waals surface area contributed by atoms with Crippen molar-refractivity contribution < 1.29 is 14.1 Å². The number of nitrogens with zero attached hydrogens (tertiary/aromatic N) is 3. The van der Waals surface area contributed by atoms with E-state index in [0.29, 0.717) is 22.8 Å². The topological polar surface area (TPSA) is 90.1 Å². The number of rotatable bonds is 5. The van der Waals surface area contributed by atoms with Crippen molar-refractivity contribution >= 4 is 34.5 Å². The molecule has 0 aliphatic rings. The van der Waals surface area contributed by atoms with Crippen molar-refractivity contribution in [3.8, 4) is 0 Å². The molecule has 0 spiro atoms. The van der Waals surface area contributed by atoms with Crippen LogP contribution in [-0.4, -0.2) is 27.7 Å². The summed E-state index contributed by atoms with van der Waals surface area (Å²) in [5.74, 6) is -0.133. The number of hydrogen-bond donors (Lipinski definition) is 1. The van der Waals surface area contributed by atoms with Crippen LogP contribution in [0.3, 0.4) is 0 Å². The molecule has 2 heterocycles. The van der Waals surface area contributed by atoms with Crippen molar-refractivity contribution in [1.82, 2.24) is 15.1 Å². The van der Waals surface area contributed by atoms with E-state index in [2.05, 4.69) is 20.4 Å². The Labute approximate surface area is 136 Å². The van der Waals surface area contributed by atoms with Gasteiger partial charge >= 0.3 is 5.97 Å². The van der Waals surface area contributed by atoms with E-state index in [0.717, 1.165) is 5.56 Å². The summed E-state index contributed by atoms with van der Waals surface area (Å²) >= 11 is 5.97. The maximum Gasteiger partial charge on any atom is 0.361 e. The number of nitrogens with one attached hydrogen (secondary N) is 1. The van der Waals surface area contributed by atoms with E-state index in [1.165, 1.54) is 6.33 Å². The fourth-order valence-electron chi connectivity index (χ4n) is 2.09. The minimum Gasteiger partial charge on any atom is -0.461 e. The number of halogens is 1. The third kappa shape index (κ3) is 3.24. The van der Waals surface area contributed by atoms with Gasteiger partial charge in [-0.1, -0.05) is 28.9 Å². The number of carbonyl (C=O) groups excluding carboxylic acids is 1. The Morgan fingerprint density at radius 1 is 1.39 bits per heavy atom. The van der Waals surface area contributed by atoms with Gasteiger partial charge < -0.3 is 14.6 Å². The molecule has 3 aromatic rings. The number of fused-ring (bicyclic) bond motifs is 1. The molecule has 1 aromatic carbocycles. The summed E-state index contributed by atoms with van der Waals surface area (Å²) in [6.45, 7) is 2.43. The second-order valence-corrected chi connectivity index (χ2v) is 5.07. The van der Waals surface area contributed by atoms with Crippen LogP contribution in [0.25, 0.3) is 11.1 Å². The van der Waals surface area contributed by atoms with E-state index in [1.54, 1.807) is 13.0 Å². The highest BCUT2D eigenvalue weighted by Gasteiger charge is 2.22. The van der Waals surface area contributed by atoms with Crippen LogP contribution in [0.1, 0.15) is 23.0 Å². The van der Waals surface area contributed by atoms with Crippen molar-refractivity contribution in [2.75, 3.05) is 11.9 Å². The number of ether oxygens (including phenoxy) is 1. The highest BCUT2D eigenvalue weighted by molar-refractivity contribution is 6.30. The van der Waals surface area contributed by atoms with Gasteiger partial charge in [0.2, 0.25) is 5.69 Å². The smallest absolute Gasteiger partial charge is 0.361 e. The first kappa shape index (κ1) is 15.2. The van der Waals surface area contributed by atoms with E-state index in [4.69, 9.17) is 20.9 Å². The molecule has 2 aromatic heterocycles. The third-order valence-electron chi connectivity index (χ3n) is 3.09. The molecule has 0 atom stereocenters. The predicted octanol–water partition coefficient (Wildman–Crippen LogP) is 3.06. The molecule has 7 nitrogen and oxygen atoms in total.